The first-order valence-electron chi connectivity index (χ1n) is 7.72. The summed E-state index contributed by atoms with van der Waals surface area (Å²) in [5, 5.41) is 13.4. The van der Waals surface area contributed by atoms with Gasteiger partial charge in [0.05, 0.1) is 29.7 Å². The maximum atomic E-state index is 14.4. The number of benzene rings is 1. The average molecular weight is 341 g/mol. The summed E-state index contributed by atoms with van der Waals surface area (Å²) in [6.07, 6.45) is 3.00. The number of hydrogen-bond acceptors (Lipinski definition) is 7. The third-order valence-corrected chi connectivity index (χ3v) is 4.18. The second-order valence-electron chi connectivity index (χ2n) is 6.33. The number of halogens is 1. The number of nitrogens with one attached hydrogen (secondary N) is 1. The lowest BCUT2D eigenvalue weighted by Gasteiger charge is -2.38. The van der Waals surface area contributed by atoms with Crippen LogP contribution in [-0.4, -0.2) is 38.8 Å². The molecule has 4 rings (SSSR count). The zero-order chi connectivity index (χ0) is 17.6. The van der Waals surface area contributed by atoms with Crippen molar-refractivity contribution >= 4 is 22.7 Å². The number of fused-ring (bicyclic) bond motifs is 1. The van der Waals surface area contributed by atoms with Crippen LogP contribution in [0.15, 0.2) is 30.6 Å². The van der Waals surface area contributed by atoms with E-state index in [1.807, 2.05) is 6.92 Å². The number of rotatable bonds is 3. The molecule has 7 nitrogen and oxygen atoms in total. The van der Waals surface area contributed by atoms with Crippen LogP contribution in [-0.2, 0) is 4.74 Å². The van der Waals surface area contributed by atoms with Crippen LogP contribution in [0.2, 0.25) is 0 Å². The van der Waals surface area contributed by atoms with Gasteiger partial charge in [-0.25, -0.2) is 19.3 Å². The topological polar surface area (TPSA) is 106 Å². The quantitative estimate of drug-likeness (QED) is 0.671. The van der Waals surface area contributed by atoms with Crippen LogP contribution in [0.4, 0.5) is 16.2 Å². The van der Waals surface area contributed by atoms with Gasteiger partial charge in [-0.2, -0.15) is 0 Å². The van der Waals surface area contributed by atoms with Gasteiger partial charge in [0.15, 0.2) is 11.6 Å². The van der Waals surface area contributed by atoms with Crippen molar-refractivity contribution in [1.82, 2.24) is 15.0 Å². The molecule has 0 unspecified atom stereocenters. The van der Waals surface area contributed by atoms with Crippen molar-refractivity contribution < 1.29 is 14.2 Å². The van der Waals surface area contributed by atoms with Crippen molar-refractivity contribution in [2.45, 2.75) is 12.5 Å². The average Bonchev–Trinajstić information content (AvgIpc) is 2.57. The molecule has 3 heterocycles. The minimum absolute atomic E-state index is 0.195. The van der Waals surface area contributed by atoms with E-state index in [9.17, 15) is 9.50 Å². The van der Waals surface area contributed by atoms with E-state index in [1.165, 1.54) is 12.3 Å². The predicted octanol–water partition coefficient (Wildman–Crippen LogP) is 2.32. The summed E-state index contributed by atoms with van der Waals surface area (Å²) in [4.78, 5) is 12.9. The summed E-state index contributed by atoms with van der Waals surface area (Å²) in [5.41, 5.74) is 6.76. The van der Waals surface area contributed by atoms with E-state index in [4.69, 9.17) is 10.5 Å². The molecule has 1 aliphatic rings. The third kappa shape index (κ3) is 2.60. The van der Waals surface area contributed by atoms with Crippen molar-refractivity contribution in [3.05, 3.63) is 36.4 Å². The molecule has 0 radical (unpaired) electrons. The van der Waals surface area contributed by atoms with Gasteiger partial charge in [-0.1, -0.05) is 12.1 Å². The highest BCUT2D eigenvalue weighted by Gasteiger charge is 2.34. The first-order chi connectivity index (χ1) is 12.0. The lowest BCUT2D eigenvalue weighted by atomic mass is 10.0. The van der Waals surface area contributed by atoms with Crippen LogP contribution in [0.1, 0.15) is 6.92 Å². The highest BCUT2D eigenvalue weighted by atomic mass is 19.1. The Bertz CT molecular complexity index is 975. The zero-order valence-corrected chi connectivity index (χ0v) is 13.5. The molecule has 0 bridgehead atoms. The minimum atomic E-state index is -0.733. The number of anilines is 2. The number of pyridine rings is 1. The highest BCUT2D eigenvalue weighted by Crippen LogP contribution is 2.34. The van der Waals surface area contributed by atoms with Crippen molar-refractivity contribution in [2.24, 2.45) is 0 Å². The van der Waals surface area contributed by atoms with Crippen molar-refractivity contribution in [3.8, 4) is 16.9 Å². The smallest absolute Gasteiger partial charge is 0.223 e. The zero-order valence-electron chi connectivity index (χ0n) is 13.5. The maximum Gasteiger partial charge on any atom is 0.223 e. The molecule has 25 heavy (non-hydrogen) atoms. The normalized spacial score (nSPS) is 15.8. The Morgan fingerprint density at radius 1 is 1.24 bits per heavy atom. The van der Waals surface area contributed by atoms with Gasteiger partial charge in [0.25, 0.3) is 0 Å². The number of phenolic OH excluding ortho intramolecular Hbond substituents is 1. The molecule has 4 N–H and O–H groups in total. The molecule has 2 aromatic heterocycles. The van der Waals surface area contributed by atoms with Crippen LogP contribution in [0.25, 0.3) is 22.0 Å². The molecule has 1 aliphatic heterocycles. The highest BCUT2D eigenvalue weighted by molar-refractivity contribution is 5.98. The maximum absolute atomic E-state index is 14.4. The molecule has 0 amide bonds. The van der Waals surface area contributed by atoms with Gasteiger partial charge in [0.1, 0.15) is 5.82 Å². The first kappa shape index (κ1) is 15.5. The fourth-order valence-corrected chi connectivity index (χ4v) is 2.77. The largest absolute Gasteiger partial charge is 0.505 e. The second-order valence-corrected chi connectivity index (χ2v) is 6.33. The van der Waals surface area contributed by atoms with Gasteiger partial charge in [-0.15, -0.1) is 0 Å². The molecule has 0 spiro atoms. The lowest BCUT2D eigenvalue weighted by Crippen LogP contribution is -2.53. The number of ether oxygens (including phenoxy) is 1. The number of nitrogens with two attached hydrogens (primary N) is 1. The predicted molar refractivity (Wildman–Crippen MR) is 91.7 cm³/mol. The van der Waals surface area contributed by atoms with Gasteiger partial charge >= 0.3 is 0 Å². The monoisotopic (exact) mass is 341 g/mol. The van der Waals surface area contributed by atoms with Gasteiger partial charge in [-0.3, -0.25) is 0 Å². The Kier molecular flexibility index (Phi) is 3.43. The van der Waals surface area contributed by atoms with E-state index < -0.39 is 11.6 Å². The molecular weight excluding hydrogens is 325 g/mol. The number of nitrogens with zero attached hydrogens (tertiary/aromatic N) is 3. The fraction of sp³-hybridized carbons (Fsp3) is 0.235. The van der Waals surface area contributed by atoms with Gasteiger partial charge in [0.2, 0.25) is 5.95 Å². The number of aromatic hydroxyl groups is 1. The molecule has 128 valence electrons. The molecule has 8 heteroatoms. The summed E-state index contributed by atoms with van der Waals surface area (Å²) in [6, 6.07) is 4.40. The SMILES string of the molecule is CC1(Nc2ncc3c(N)ncc(-c4cccc(O)c4F)c3n2)COC1. The van der Waals surface area contributed by atoms with Crippen LogP contribution >= 0.6 is 0 Å². The van der Waals surface area contributed by atoms with Crippen molar-refractivity contribution in [3.63, 3.8) is 0 Å². The summed E-state index contributed by atoms with van der Waals surface area (Å²) >= 11 is 0. The van der Waals surface area contributed by atoms with E-state index in [-0.39, 0.29) is 16.9 Å². The van der Waals surface area contributed by atoms with Crippen LogP contribution in [0, 0.1) is 5.82 Å². The lowest BCUT2D eigenvalue weighted by molar-refractivity contribution is -0.0322. The molecule has 0 atom stereocenters. The number of aromatic nitrogens is 3. The third-order valence-electron chi connectivity index (χ3n) is 4.18. The molecule has 1 saturated heterocycles. The minimum Gasteiger partial charge on any atom is -0.505 e. The van der Waals surface area contributed by atoms with E-state index in [1.54, 1.807) is 18.3 Å². The molecule has 0 aliphatic carbocycles. The standard InChI is InChI=1S/C17H16FN5O2/c1-17(7-25-8-17)23-16-21-6-11-14(22-16)10(5-20-15(11)19)9-3-2-4-12(24)13(9)18/h2-6,24H,7-8H2,1H3,(H2,19,20)(H,21,22,23). The number of nitrogen functional groups attached to an aromatic ring is 1. The number of hydrogen-bond donors (Lipinski definition) is 3. The Morgan fingerprint density at radius 2 is 2.04 bits per heavy atom. The molecule has 1 fully saturated rings. The van der Waals surface area contributed by atoms with E-state index in [2.05, 4.69) is 20.3 Å². The Morgan fingerprint density at radius 3 is 2.76 bits per heavy atom. The molecule has 1 aromatic carbocycles. The van der Waals surface area contributed by atoms with E-state index in [0.717, 1.165) is 0 Å². The molecule has 3 aromatic rings. The fourth-order valence-electron chi connectivity index (χ4n) is 2.77. The summed E-state index contributed by atoms with van der Waals surface area (Å²) in [6.45, 7) is 3.11. The Labute approximate surface area is 142 Å². The second kappa shape index (κ2) is 5.52. The van der Waals surface area contributed by atoms with Gasteiger partial charge < -0.3 is 20.9 Å². The summed E-state index contributed by atoms with van der Waals surface area (Å²) < 4.78 is 19.6. The number of phenols is 1. The van der Waals surface area contributed by atoms with Gasteiger partial charge in [0, 0.05) is 23.5 Å². The van der Waals surface area contributed by atoms with Gasteiger partial charge in [-0.05, 0) is 13.0 Å². The summed E-state index contributed by atoms with van der Waals surface area (Å²) in [7, 11) is 0. The van der Waals surface area contributed by atoms with Crippen molar-refractivity contribution in [2.75, 3.05) is 24.3 Å². The van der Waals surface area contributed by atoms with E-state index in [0.29, 0.717) is 35.6 Å². The van der Waals surface area contributed by atoms with E-state index >= 15 is 0 Å². The summed E-state index contributed by atoms with van der Waals surface area (Å²) in [5.74, 6) is -0.522. The van der Waals surface area contributed by atoms with Crippen LogP contribution in [0.3, 0.4) is 0 Å². The van der Waals surface area contributed by atoms with Crippen molar-refractivity contribution in [1.29, 1.82) is 0 Å². The van der Waals surface area contributed by atoms with Crippen LogP contribution < -0.4 is 11.1 Å². The first-order valence-corrected chi connectivity index (χ1v) is 7.72. The molecular formula is C17H16FN5O2. The van der Waals surface area contributed by atoms with Crippen LogP contribution in [0.5, 0.6) is 5.75 Å². The Balaban J connectivity index is 1.89. The molecule has 0 saturated carbocycles. The Hall–Kier alpha value is -3.00.